The van der Waals surface area contributed by atoms with E-state index in [1.807, 2.05) is 42.5 Å². The Kier molecular flexibility index (Phi) is 3.73. The molecule has 14 heavy (non-hydrogen) atoms. The molecule has 0 aliphatic heterocycles. The molecule has 1 aromatic rings. The summed E-state index contributed by atoms with van der Waals surface area (Å²) >= 11 is 0. The van der Waals surface area contributed by atoms with Gasteiger partial charge in [0.05, 0.1) is 17.7 Å². The lowest BCUT2D eigenvalue weighted by Crippen LogP contribution is -1.72. The van der Waals surface area contributed by atoms with Gasteiger partial charge in [0.2, 0.25) is 0 Å². The third kappa shape index (κ3) is 2.97. The molecular weight excluding hydrogens is 172 g/mol. The Morgan fingerprint density at radius 1 is 1.14 bits per heavy atom. The van der Waals surface area contributed by atoms with Gasteiger partial charge in [-0.25, -0.2) is 0 Å². The van der Waals surface area contributed by atoms with Crippen molar-refractivity contribution in [3.8, 4) is 12.1 Å². The highest BCUT2D eigenvalue weighted by molar-refractivity contribution is 5.55. The topological polar surface area (TPSA) is 47.6 Å². The van der Waals surface area contributed by atoms with Gasteiger partial charge in [0.25, 0.3) is 0 Å². The maximum atomic E-state index is 8.61. The lowest BCUT2D eigenvalue weighted by molar-refractivity contribution is 1.48. The monoisotopic (exact) mass is 180 g/mol. The molecule has 0 heterocycles. The molecule has 0 radical (unpaired) electrons. The smallest absolute Gasteiger partial charge is 0.0999 e. The van der Waals surface area contributed by atoms with E-state index in [0.29, 0.717) is 5.57 Å². The van der Waals surface area contributed by atoms with Crippen LogP contribution in [0.25, 0.3) is 6.08 Å². The molecule has 0 spiro atoms. The number of hydrogen-bond donors (Lipinski definition) is 0. The average molecular weight is 180 g/mol. The van der Waals surface area contributed by atoms with Crippen LogP contribution in [0.4, 0.5) is 0 Å². The number of nitriles is 2. The summed E-state index contributed by atoms with van der Waals surface area (Å²) in [7, 11) is 0. The van der Waals surface area contributed by atoms with Crippen LogP contribution in [-0.2, 0) is 0 Å². The van der Waals surface area contributed by atoms with Crippen LogP contribution in [0.1, 0.15) is 5.56 Å². The molecule has 0 atom stereocenters. The first kappa shape index (κ1) is 9.77. The molecule has 1 rings (SSSR count). The summed E-state index contributed by atoms with van der Waals surface area (Å²) in [5, 5.41) is 17.0. The third-order valence-electron chi connectivity index (χ3n) is 1.60. The predicted octanol–water partition coefficient (Wildman–Crippen LogP) is 2.67. The predicted molar refractivity (Wildman–Crippen MR) is 54.8 cm³/mol. The molecule has 2 nitrogen and oxygen atoms in total. The van der Waals surface area contributed by atoms with Gasteiger partial charge in [0.15, 0.2) is 0 Å². The second-order valence-electron chi connectivity index (χ2n) is 2.58. The summed E-state index contributed by atoms with van der Waals surface area (Å²) in [6.45, 7) is 0. The van der Waals surface area contributed by atoms with Gasteiger partial charge in [-0.3, -0.25) is 0 Å². The van der Waals surface area contributed by atoms with Gasteiger partial charge in [-0.05, 0) is 11.6 Å². The molecule has 2 heteroatoms. The second-order valence-corrected chi connectivity index (χ2v) is 2.58. The van der Waals surface area contributed by atoms with Crippen LogP contribution >= 0.6 is 0 Å². The number of benzene rings is 1. The SMILES string of the molecule is N#C/C=C(C#N)\C=C\c1ccccc1. The quantitative estimate of drug-likeness (QED) is 0.519. The molecular formula is C12H8N2. The van der Waals surface area contributed by atoms with E-state index >= 15 is 0 Å². The van der Waals surface area contributed by atoms with E-state index in [9.17, 15) is 0 Å². The van der Waals surface area contributed by atoms with Gasteiger partial charge < -0.3 is 0 Å². The Hall–Kier alpha value is -2.32. The summed E-state index contributed by atoms with van der Waals surface area (Å²) in [4.78, 5) is 0. The van der Waals surface area contributed by atoms with Crippen molar-refractivity contribution < 1.29 is 0 Å². The highest BCUT2D eigenvalue weighted by Crippen LogP contribution is 2.04. The van der Waals surface area contributed by atoms with Crippen molar-refractivity contribution in [3.63, 3.8) is 0 Å². The Bertz CT molecular complexity index is 428. The van der Waals surface area contributed by atoms with Crippen molar-refractivity contribution in [2.45, 2.75) is 0 Å². The molecule has 0 aromatic heterocycles. The van der Waals surface area contributed by atoms with E-state index in [2.05, 4.69) is 0 Å². The number of rotatable bonds is 2. The molecule has 0 unspecified atom stereocenters. The lowest BCUT2D eigenvalue weighted by Gasteiger charge is -1.89. The van der Waals surface area contributed by atoms with Crippen LogP contribution in [-0.4, -0.2) is 0 Å². The average Bonchev–Trinajstić information content (AvgIpc) is 2.25. The maximum absolute atomic E-state index is 8.61. The molecule has 1 aromatic carbocycles. The Morgan fingerprint density at radius 3 is 2.43 bits per heavy atom. The maximum Gasteiger partial charge on any atom is 0.0999 e. The van der Waals surface area contributed by atoms with Crippen molar-refractivity contribution in [1.29, 1.82) is 10.5 Å². The zero-order valence-electron chi connectivity index (χ0n) is 7.51. The van der Waals surface area contributed by atoms with Crippen molar-refractivity contribution in [3.05, 3.63) is 53.6 Å². The first-order chi connectivity index (χ1) is 6.86. The number of hydrogen-bond acceptors (Lipinski definition) is 2. The Balaban J connectivity index is 2.80. The van der Waals surface area contributed by atoms with Crippen molar-refractivity contribution in [2.24, 2.45) is 0 Å². The fourth-order valence-corrected chi connectivity index (χ4v) is 0.937. The molecule has 0 aliphatic carbocycles. The van der Waals surface area contributed by atoms with Crippen LogP contribution in [0, 0.1) is 22.7 Å². The van der Waals surface area contributed by atoms with Gasteiger partial charge in [0.1, 0.15) is 0 Å². The largest absolute Gasteiger partial charge is 0.193 e. The molecule has 0 N–H and O–H groups in total. The summed E-state index contributed by atoms with van der Waals surface area (Å²) < 4.78 is 0. The second kappa shape index (κ2) is 5.35. The first-order valence-electron chi connectivity index (χ1n) is 4.10. The van der Waals surface area contributed by atoms with Crippen molar-refractivity contribution >= 4 is 6.08 Å². The van der Waals surface area contributed by atoms with Gasteiger partial charge in [0, 0.05) is 6.08 Å². The fraction of sp³-hybridized carbons (Fsp3) is 0. The molecule has 66 valence electrons. The molecule has 0 saturated carbocycles. The van der Waals surface area contributed by atoms with Crippen LogP contribution in [0.5, 0.6) is 0 Å². The van der Waals surface area contributed by atoms with E-state index in [0.717, 1.165) is 5.56 Å². The number of allylic oxidation sites excluding steroid dienone is 3. The highest BCUT2D eigenvalue weighted by atomic mass is 14.2. The first-order valence-corrected chi connectivity index (χ1v) is 4.10. The Morgan fingerprint density at radius 2 is 1.86 bits per heavy atom. The summed E-state index contributed by atoms with van der Waals surface area (Å²) in [5.74, 6) is 0. The van der Waals surface area contributed by atoms with E-state index < -0.39 is 0 Å². The minimum absolute atomic E-state index is 0.358. The van der Waals surface area contributed by atoms with Gasteiger partial charge >= 0.3 is 0 Å². The van der Waals surface area contributed by atoms with Gasteiger partial charge in [-0.2, -0.15) is 10.5 Å². The third-order valence-corrected chi connectivity index (χ3v) is 1.60. The highest BCUT2D eigenvalue weighted by Gasteiger charge is 1.87. The summed E-state index contributed by atoms with van der Waals surface area (Å²) in [6, 6.07) is 13.4. The van der Waals surface area contributed by atoms with Crippen LogP contribution < -0.4 is 0 Å². The summed E-state index contributed by atoms with van der Waals surface area (Å²) in [6.07, 6.45) is 4.64. The van der Waals surface area contributed by atoms with Gasteiger partial charge in [-0.1, -0.05) is 36.4 Å². The zero-order valence-corrected chi connectivity index (χ0v) is 7.51. The lowest BCUT2D eigenvalue weighted by atomic mass is 10.1. The molecule has 0 aliphatic rings. The number of nitrogens with zero attached hydrogens (tertiary/aromatic N) is 2. The van der Waals surface area contributed by atoms with Crippen molar-refractivity contribution in [1.82, 2.24) is 0 Å². The minimum atomic E-state index is 0.358. The Labute approximate surface area is 83.0 Å². The van der Waals surface area contributed by atoms with E-state index in [4.69, 9.17) is 10.5 Å². The van der Waals surface area contributed by atoms with E-state index in [1.54, 1.807) is 12.2 Å². The van der Waals surface area contributed by atoms with E-state index in [-0.39, 0.29) is 0 Å². The standard InChI is InChI=1S/C12H8N2/c13-9-8-12(10-14)7-6-11-4-2-1-3-5-11/h1-8H/b7-6+,12-8+. The normalized spacial score (nSPS) is 10.9. The minimum Gasteiger partial charge on any atom is -0.193 e. The molecule has 0 saturated heterocycles. The van der Waals surface area contributed by atoms with E-state index in [1.165, 1.54) is 6.08 Å². The van der Waals surface area contributed by atoms with Crippen LogP contribution in [0.15, 0.2) is 48.1 Å². The van der Waals surface area contributed by atoms with Crippen molar-refractivity contribution in [2.75, 3.05) is 0 Å². The van der Waals surface area contributed by atoms with Crippen LogP contribution in [0.3, 0.4) is 0 Å². The molecule has 0 amide bonds. The van der Waals surface area contributed by atoms with Crippen LogP contribution in [0.2, 0.25) is 0 Å². The fourth-order valence-electron chi connectivity index (χ4n) is 0.937. The zero-order chi connectivity index (χ0) is 10.2. The van der Waals surface area contributed by atoms with Gasteiger partial charge in [-0.15, -0.1) is 0 Å². The molecule has 0 fully saturated rings. The summed E-state index contributed by atoms with van der Waals surface area (Å²) in [5.41, 5.74) is 1.36. The molecule has 0 bridgehead atoms.